The second-order valence-corrected chi connectivity index (χ2v) is 5.70. The van der Waals surface area contributed by atoms with Crippen molar-refractivity contribution < 1.29 is 14.3 Å². The first-order valence-corrected chi connectivity index (χ1v) is 7.33. The number of nitrogens with zero attached hydrogens (tertiary/aromatic N) is 4. The maximum Gasteiger partial charge on any atom is 0.284 e. The van der Waals surface area contributed by atoms with Crippen molar-refractivity contribution in [2.45, 2.75) is 0 Å². The maximum atomic E-state index is 12.7. The van der Waals surface area contributed by atoms with Crippen molar-refractivity contribution in [2.24, 2.45) is 0 Å². The molecule has 0 spiro atoms. The predicted octanol–water partition coefficient (Wildman–Crippen LogP) is 0.960. The Hall–Kier alpha value is -3.07. The van der Waals surface area contributed by atoms with Crippen molar-refractivity contribution in [1.82, 2.24) is 14.6 Å². The number of benzene rings is 1. The highest BCUT2D eigenvalue weighted by atomic mass is 32.1. The summed E-state index contributed by atoms with van der Waals surface area (Å²) in [5.41, 5.74) is -0.0524. The van der Waals surface area contributed by atoms with E-state index in [0.29, 0.717) is 11.4 Å². The summed E-state index contributed by atoms with van der Waals surface area (Å²) in [5.74, 6) is -0.429. The van der Waals surface area contributed by atoms with Gasteiger partial charge in [0.05, 0.1) is 12.8 Å². The van der Waals surface area contributed by atoms with Crippen LogP contribution in [0.1, 0.15) is 20.2 Å². The number of carbonyl (C=O) groups excluding carboxylic acids is 2. The van der Waals surface area contributed by atoms with Crippen molar-refractivity contribution in [3.8, 4) is 5.75 Å². The van der Waals surface area contributed by atoms with Crippen LogP contribution in [-0.2, 0) is 0 Å². The van der Waals surface area contributed by atoms with Crippen LogP contribution in [0.4, 0.5) is 5.69 Å². The van der Waals surface area contributed by atoms with Gasteiger partial charge < -0.3 is 4.74 Å². The Balaban J connectivity index is 1.88. The van der Waals surface area contributed by atoms with Crippen LogP contribution in [0.5, 0.6) is 5.75 Å². The van der Waals surface area contributed by atoms with Crippen molar-refractivity contribution in [2.75, 3.05) is 12.0 Å². The van der Waals surface area contributed by atoms with Gasteiger partial charge in [-0.25, -0.2) is 9.30 Å². The summed E-state index contributed by atoms with van der Waals surface area (Å²) >= 11 is 0.971. The Labute approximate surface area is 132 Å². The van der Waals surface area contributed by atoms with Gasteiger partial charge in [-0.1, -0.05) is 11.3 Å². The zero-order valence-corrected chi connectivity index (χ0v) is 12.5. The van der Waals surface area contributed by atoms with Gasteiger partial charge in [0, 0.05) is 0 Å². The lowest BCUT2D eigenvalue weighted by Crippen LogP contribution is -2.31. The molecule has 0 radical (unpaired) electrons. The molecular formula is C14H8N4O4S. The summed E-state index contributed by atoms with van der Waals surface area (Å²) in [6.07, 6.45) is 1.01. The molecule has 0 saturated carbocycles. The fourth-order valence-corrected chi connectivity index (χ4v) is 3.44. The lowest BCUT2D eigenvalue weighted by Gasteiger charge is -2.14. The van der Waals surface area contributed by atoms with Crippen molar-refractivity contribution in [3.63, 3.8) is 0 Å². The largest absolute Gasteiger partial charge is 0.497 e. The van der Waals surface area contributed by atoms with E-state index in [-0.39, 0.29) is 15.5 Å². The summed E-state index contributed by atoms with van der Waals surface area (Å²) < 4.78 is 6.18. The summed E-state index contributed by atoms with van der Waals surface area (Å²) in [6.45, 7) is 0. The first kappa shape index (κ1) is 13.6. The number of aromatic nitrogens is 3. The average molecular weight is 328 g/mol. The van der Waals surface area contributed by atoms with Crippen LogP contribution in [0.15, 0.2) is 35.3 Å². The Morgan fingerprint density at radius 3 is 2.52 bits per heavy atom. The van der Waals surface area contributed by atoms with E-state index in [2.05, 4.69) is 10.2 Å². The Morgan fingerprint density at radius 1 is 1.09 bits per heavy atom. The summed E-state index contributed by atoms with van der Waals surface area (Å²) in [6, 6.07) is 6.52. The van der Waals surface area contributed by atoms with Crippen LogP contribution >= 0.6 is 11.3 Å². The van der Waals surface area contributed by atoms with Crippen LogP contribution in [0, 0.1) is 0 Å². The number of hydrogen-bond donors (Lipinski definition) is 0. The van der Waals surface area contributed by atoms with Crippen molar-refractivity contribution >= 4 is 33.8 Å². The van der Waals surface area contributed by atoms with E-state index in [0.717, 1.165) is 26.8 Å². The number of thiazole rings is 1. The van der Waals surface area contributed by atoms with E-state index in [1.54, 1.807) is 24.3 Å². The number of amides is 2. The monoisotopic (exact) mass is 328 g/mol. The molecule has 0 unspecified atom stereocenters. The fourth-order valence-electron chi connectivity index (χ4n) is 2.44. The van der Waals surface area contributed by atoms with Gasteiger partial charge in [0.25, 0.3) is 17.4 Å². The quantitative estimate of drug-likeness (QED) is 0.650. The minimum absolute atomic E-state index is 0.0331. The molecule has 23 heavy (non-hydrogen) atoms. The first-order chi connectivity index (χ1) is 11.1. The molecular weight excluding hydrogens is 320 g/mol. The van der Waals surface area contributed by atoms with Crippen LogP contribution < -0.4 is 15.2 Å². The molecule has 0 saturated heterocycles. The molecule has 1 aliphatic rings. The third kappa shape index (κ3) is 1.80. The summed E-state index contributed by atoms with van der Waals surface area (Å²) in [7, 11) is 1.53. The minimum Gasteiger partial charge on any atom is -0.497 e. The molecule has 114 valence electrons. The van der Waals surface area contributed by atoms with Gasteiger partial charge in [-0.15, -0.1) is 5.10 Å². The topological polar surface area (TPSA) is 93.9 Å². The highest BCUT2D eigenvalue weighted by Gasteiger charge is 2.41. The molecule has 0 atom stereocenters. The van der Waals surface area contributed by atoms with E-state index >= 15 is 0 Å². The maximum absolute atomic E-state index is 12.7. The molecule has 9 heteroatoms. The van der Waals surface area contributed by atoms with Gasteiger partial charge in [-0.05, 0) is 24.3 Å². The number of rotatable bonds is 2. The van der Waals surface area contributed by atoms with E-state index in [1.807, 2.05) is 0 Å². The van der Waals surface area contributed by atoms with E-state index in [4.69, 9.17) is 4.74 Å². The lowest BCUT2D eigenvalue weighted by atomic mass is 10.3. The molecule has 4 rings (SSSR count). The Morgan fingerprint density at radius 2 is 1.83 bits per heavy atom. The molecule has 1 aliphatic heterocycles. The lowest BCUT2D eigenvalue weighted by molar-refractivity contribution is 0.0925. The average Bonchev–Trinajstić information content (AvgIpc) is 3.06. The molecule has 8 nitrogen and oxygen atoms in total. The molecule has 0 fully saturated rings. The normalized spacial score (nSPS) is 13.7. The third-order valence-electron chi connectivity index (χ3n) is 3.49. The first-order valence-electron chi connectivity index (χ1n) is 6.52. The smallest absolute Gasteiger partial charge is 0.284 e. The SMILES string of the molecule is COc1ccc(N2C(=O)c3sc4nncc(=O)n4c3C2=O)cc1. The standard InChI is InChI=1S/C14H8N4O4S/c1-22-8-4-2-7(3-5-8)17-12(20)10-11(13(17)21)23-14-16-15-6-9(19)18(10)14/h2-6H,1H3. The molecule has 1 aromatic carbocycles. The Bertz CT molecular complexity index is 1020. The number of imide groups is 1. The summed E-state index contributed by atoms with van der Waals surface area (Å²) in [4.78, 5) is 38.6. The highest BCUT2D eigenvalue weighted by Crippen LogP contribution is 2.33. The molecule has 2 aromatic heterocycles. The number of anilines is 1. The van der Waals surface area contributed by atoms with Crippen molar-refractivity contribution in [3.05, 3.63) is 51.4 Å². The van der Waals surface area contributed by atoms with Crippen LogP contribution in [0.2, 0.25) is 0 Å². The van der Waals surface area contributed by atoms with Gasteiger partial charge in [-0.2, -0.15) is 5.10 Å². The second kappa shape index (κ2) is 4.71. The fraction of sp³-hybridized carbons (Fsp3) is 0.0714. The third-order valence-corrected chi connectivity index (χ3v) is 4.51. The van der Waals surface area contributed by atoms with Gasteiger partial charge in [0.2, 0.25) is 4.96 Å². The molecule has 3 aromatic rings. The number of carbonyl (C=O) groups is 2. The highest BCUT2D eigenvalue weighted by molar-refractivity contribution is 7.19. The number of hydrogen-bond acceptors (Lipinski definition) is 7. The predicted molar refractivity (Wildman–Crippen MR) is 81.3 cm³/mol. The second-order valence-electron chi connectivity index (χ2n) is 4.72. The van der Waals surface area contributed by atoms with E-state index in [1.165, 1.54) is 7.11 Å². The number of ether oxygens (including phenoxy) is 1. The summed E-state index contributed by atoms with van der Waals surface area (Å²) in [5, 5.41) is 7.34. The van der Waals surface area contributed by atoms with E-state index < -0.39 is 17.4 Å². The van der Waals surface area contributed by atoms with Crippen LogP contribution in [-0.4, -0.2) is 33.5 Å². The number of fused-ring (bicyclic) bond motifs is 3. The molecule has 2 amide bonds. The van der Waals surface area contributed by atoms with E-state index in [9.17, 15) is 14.4 Å². The zero-order chi connectivity index (χ0) is 16.1. The molecule has 0 N–H and O–H groups in total. The zero-order valence-electron chi connectivity index (χ0n) is 11.7. The van der Waals surface area contributed by atoms with Gasteiger partial charge in [0.1, 0.15) is 22.5 Å². The molecule has 3 heterocycles. The Kier molecular flexibility index (Phi) is 2.78. The molecule has 0 bridgehead atoms. The van der Waals surface area contributed by atoms with Crippen LogP contribution in [0.25, 0.3) is 4.96 Å². The number of methoxy groups -OCH3 is 1. The van der Waals surface area contributed by atoms with Crippen molar-refractivity contribution in [1.29, 1.82) is 0 Å². The molecule has 0 aliphatic carbocycles. The minimum atomic E-state index is -0.559. The van der Waals surface area contributed by atoms with Gasteiger partial charge in [-0.3, -0.25) is 14.4 Å². The van der Waals surface area contributed by atoms with Gasteiger partial charge in [0.15, 0.2) is 0 Å². The van der Waals surface area contributed by atoms with Gasteiger partial charge >= 0.3 is 0 Å². The van der Waals surface area contributed by atoms with Crippen LogP contribution in [0.3, 0.4) is 0 Å².